The lowest BCUT2D eigenvalue weighted by Gasteiger charge is -2.11. The Labute approximate surface area is 282 Å². The molecule has 0 aliphatic rings. The Balaban J connectivity index is 1.12. The Morgan fingerprint density at radius 3 is 1.49 bits per heavy atom. The summed E-state index contributed by atoms with van der Waals surface area (Å²) >= 11 is 0. The lowest BCUT2D eigenvalue weighted by Crippen LogP contribution is -2.00. The summed E-state index contributed by atoms with van der Waals surface area (Å²) in [6, 6.07) is 57.1. The maximum absolute atomic E-state index is 6.10. The predicted molar refractivity (Wildman–Crippen MR) is 201 cm³/mol. The van der Waals surface area contributed by atoms with Gasteiger partial charge in [0.1, 0.15) is 11.2 Å². The largest absolute Gasteiger partial charge is 0.456 e. The first kappa shape index (κ1) is 27.5. The fourth-order valence-corrected chi connectivity index (χ4v) is 6.99. The lowest BCUT2D eigenvalue weighted by molar-refractivity contribution is 0.669. The smallest absolute Gasteiger partial charge is 0.164 e. The van der Waals surface area contributed by atoms with Crippen LogP contribution in [0.2, 0.25) is 0 Å². The summed E-state index contributed by atoms with van der Waals surface area (Å²) in [4.78, 5) is 15.2. The summed E-state index contributed by atoms with van der Waals surface area (Å²) in [5.41, 5.74) is 6.96. The van der Waals surface area contributed by atoms with Crippen molar-refractivity contribution >= 4 is 54.3 Å². The quantitative estimate of drug-likeness (QED) is 0.195. The molecule has 0 atom stereocenters. The molecule has 2 aromatic heterocycles. The molecule has 4 heteroatoms. The monoisotopic (exact) mass is 625 g/mol. The van der Waals surface area contributed by atoms with Crippen LogP contribution in [0.5, 0.6) is 0 Å². The Morgan fingerprint density at radius 2 is 0.816 bits per heavy atom. The second-order valence-corrected chi connectivity index (χ2v) is 12.5. The summed E-state index contributed by atoms with van der Waals surface area (Å²) in [6.45, 7) is 0. The number of aromatic nitrogens is 3. The van der Waals surface area contributed by atoms with E-state index in [1.807, 2.05) is 12.1 Å². The molecule has 228 valence electrons. The molecule has 0 bridgehead atoms. The molecular weight excluding hydrogens is 599 g/mol. The minimum atomic E-state index is 0.639. The summed E-state index contributed by atoms with van der Waals surface area (Å²) in [6.07, 6.45) is 0. The topological polar surface area (TPSA) is 51.8 Å². The van der Waals surface area contributed by atoms with E-state index < -0.39 is 0 Å². The predicted octanol–water partition coefficient (Wildman–Crippen LogP) is 11.9. The molecule has 0 aliphatic heterocycles. The number of hydrogen-bond acceptors (Lipinski definition) is 4. The van der Waals surface area contributed by atoms with Gasteiger partial charge >= 0.3 is 0 Å². The zero-order chi connectivity index (χ0) is 32.3. The maximum Gasteiger partial charge on any atom is 0.164 e. The molecule has 4 nitrogen and oxygen atoms in total. The minimum Gasteiger partial charge on any atom is -0.456 e. The van der Waals surface area contributed by atoms with E-state index >= 15 is 0 Å². The number of benzene rings is 8. The molecule has 0 spiro atoms. The standard InChI is InChI=1S/C45H27N3O/c1-3-10-30-24-34(18-16-28(30)8-1)43-46-44(35-19-17-29-9-2-4-11-31(29)25-35)48-45(47-43)36-20-22-38-32(26-36)12-7-14-37(38)33-21-23-42-40(27-33)39-13-5-6-15-41(39)49-42/h1-27H. The summed E-state index contributed by atoms with van der Waals surface area (Å²) in [5.74, 6) is 1.93. The van der Waals surface area contributed by atoms with Gasteiger partial charge in [-0.1, -0.05) is 127 Å². The first-order chi connectivity index (χ1) is 24.2. The van der Waals surface area contributed by atoms with Crippen molar-refractivity contribution in [2.75, 3.05) is 0 Å². The molecular formula is C45H27N3O. The van der Waals surface area contributed by atoms with Crippen molar-refractivity contribution < 1.29 is 4.42 Å². The van der Waals surface area contributed by atoms with Crippen molar-refractivity contribution in [1.29, 1.82) is 0 Å². The van der Waals surface area contributed by atoms with Crippen molar-refractivity contribution in [2.45, 2.75) is 0 Å². The van der Waals surface area contributed by atoms with Crippen molar-refractivity contribution in [1.82, 2.24) is 15.0 Å². The van der Waals surface area contributed by atoms with Crippen molar-refractivity contribution in [3.8, 4) is 45.3 Å². The van der Waals surface area contributed by atoms with Crippen LogP contribution in [-0.4, -0.2) is 15.0 Å². The molecule has 10 rings (SSSR count). The zero-order valence-electron chi connectivity index (χ0n) is 26.3. The molecule has 8 aromatic carbocycles. The van der Waals surface area contributed by atoms with E-state index in [2.05, 4.69) is 152 Å². The number of hydrogen-bond donors (Lipinski definition) is 0. The van der Waals surface area contributed by atoms with E-state index in [1.54, 1.807) is 0 Å². The van der Waals surface area contributed by atoms with Crippen LogP contribution in [0.1, 0.15) is 0 Å². The second kappa shape index (κ2) is 11.0. The highest BCUT2D eigenvalue weighted by molar-refractivity contribution is 6.08. The molecule has 10 aromatic rings. The molecule has 0 amide bonds. The van der Waals surface area contributed by atoms with Crippen molar-refractivity contribution in [3.63, 3.8) is 0 Å². The first-order valence-corrected chi connectivity index (χ1v) is 16.4. The van der Waals surface area contributed by atoms with E-state index in [4.69, 9.17) is 19.4 Å². The summed E-state index contributed by atoms with van der Waals surface area (Å²) < 4.78 is 6.10. The molecule has 49 heavy (non-hydrogen) atoms. The van der Waals surface area contributed by atoms with Crippen LogP contribution >= 0.6 is 0 Å². The van der Waals surface area contributed by atoms with Gasteiger partial charge in [-0.15, -0.1) is 0 Å². The zero-order valence-corrected chi connectivity index (χ0v) is 26.3. The van der Waals surface area contributed by atoms with E-state index in [0.717, 1.165) is 65.7 Å². The van der Waals surface area contributed by atoms with Gasteiger partial charge in [0.2, 0.25) is 0 Å². The van der Waals surface area contributed by atoms with Gasteiger partial charge < -0.3 is 4.42 Å². The van der Waals surface area contributed by atoms with Crippen LogP contribution in [0, 0.1) is 0 Å². The van der Waals surface area contributed by atoms with Crippen LogP contribution in [0.15, 0.2) is 168 Å². The Bertz CT molecular complexity index is 2810. The van der Waals surface area contributed by atoms with Crippen molar-refractivity contribution in [2.24, 2.45) is 0 Å². The molecule has 0 N–H and O–H groups in total. The number of furan rings is 1. The van der Waals surface area contributed by atoms with Crippen molar-refractivity contribution in [3.05, 3.63) is 164 Å². The molecule has 0 aliphatic carbocycles. The van der Waals surface area contributed by atoms with Gasteiger partial charge in [-0.25, -0.2) is 15.0 Å². The molecule has 0 saturated heterocycles. The highest BCUT2D eigenvalue weighted by Gasteiger charge is 2.15. The minimum absolute atomic E-state index is 0.639. The van der Waals surface area contributed by atoms with E-state index in [0.29, 0.717) is 17.5 Å². The van der Waals surface area contributed by atoms with E-state index in [1.165, 1.54) is 16.3 Å². The van der Waals surface area contributed by atoms with Gasteiger partial charge in [0.05, 0.1) is 0 Å². The van der Waals surface area contributed by atoms with Crippen LogP contribution in [-0.2, 0) is 0 Å². The Morgan fingerprint density at radius 1 is 0.306 bits per heavy atom. The van der Waals surface area contributed by atoms with Gasteiger partial charge in [-0.3, -0.25) is 0 Å². The fourth-order valence-electron chi connectivity index (χ4n) is 6.99. The maximum atomic E-state index is 6.10. The summed E-state index contributed by atoms with van der Waals surface area (Å²) in [5, 5.41) is 9.18. The third-order valence-electron chi connectivity index (χ3n) is 9.48. The van der Waals surface area contributed by atoms with Gasteiger partial charge in [0.25, 0.3) is 0 Å². The third kappa shape index (κ3) is 4.73. The second-order valence-electron chi connectivity index (χ2n) is 12.5. The highest BCUT2D eigenvalue weighted by Crippen LogP contribution is 2.36. The van der Waals surface area contributed by atoms with Gasteiger partial charge in [0, 0.05) is 27.5 Å². The Kier molecular flexibility index (Phi) is 6.15. The van der Waals surface area contributed by atoms with Crippen LogP contribution in [0.4, 0.5) is 0 Å². The molecule has 0 unspecified atom stereocenters. The molecule has 2 heterocycles. The van der Waals surface area contributed by atoms with Crippen LogP contribution in [0.3, 0.4) is 0 Å². The third-order valence-corrected chi connectivity index (χ3v) is 9.48. The highest BCUT2D eigenvalue weighted by atomic mass is 16.3. The first-order valence-electron chi connectivity index (χ1n) is 16.4. The normalized spacial score (nSPS) is 11.7. The SMILES string of the molecule is c1ccc2cc(-c3nc(-c4ccc5ccccc5c4)nc(-c4ccc5c(-c6ccc7oc8ccccc8c7c6)cccc5c4)n3)ccc2c1. The van der Waals surface area contributed by atoms with Crippen LogP contribution < -0.4 is 0 Å². The molecule has 0 saturated carbocycles. The average molecular weight is 626 g/mol. The lowest BCUT2D eigenvalue weighted by atomic mass is 9.95. The number of para-hydroxylation sites is 1. The molecule has 0 fully saturated rings. The van der Waals surface area contributed by atoms with Gasteiger partial charge in [-0.05, 0) is 79.8 Å². The fraction of sp³-hybridized carbons (Fsp3) is 0. The number of fused-ring (bicyclic) bond motifs is 6. The van der Waals surface area contributed by atoms with Gasteiger partial charge in [0.15, 0.2) is 17.5 Å². The summed E-state index contributed by atoms with van der Waals surface area (Å²) in [7, 11) is 0. The molecule has 0 radical (unpaired) electrons. The van der Waals surface area contributed by atoms with Crippen LogP contribution in [0.25, 0.3) is 99.5 Å². The van der Waals surface area contributed by atoms with Gasteiger partial charge in [-0.2, -0.15) is 0 Å². The Hall–Kier alpha value is -6.65. The number of rotatable bonds is 4. The average Bonchev–Trinajstić information content (AvgIpc) is 3.55. The van der Waals surface area contributed by atoms with E-state index in [9.17, 15) is 0 Å². The van der Waals surface area contributed by atoms with E-state index in [-0.39, 0.29) is 0 Å². The number of nitrogens with zero attached hydrogens (tertiary/aromatic N) is 3.